The highest BCUT2D eigenvalue weighted by atomic mass is 19.4. The van der Waals surface area contributed by atoms with Crippen molar-refractivity contribution in [2.24, 2.45) is 16.7 Å². The second kappa shape index (κ2) is 8.81. The Morgan fingerprint density at radius 1 is 1.30 bits per heavy atom. The van der Waals surface area contributed by atoms with Gasteiger partial charge in [0.15, 0.2) is 0 Å². The van der Waals surface area contributed by atoms with Crippen molar-refractivity contribution in [2.45, 2.75) is 31.6 Å². The Morgan fingerprint density at radius 3 is 2.59 bits per heavy atom. The van der Waals surface area contributed by atoms with Gasteiger partial charge in [-0.2, -0.15) is 13.2 Å². The highest BCUT2D eigenvalue weighted by Gasteiger charge is 2.34. The molecule has 5 N–H and O–H groups in total. The van der Waals surface area contributed by atoms with Crippen molar-refractivity contribution in [3.63, 3.8) is 0 Å². The molecule has 0 amide bonds. The summed E-state index contributed by atoms with van der Waals surface area (Å²) in [6.45, 7) is 9.35. The molecule has 1 aromatic rings. The number of nitrogens with zero attached hydrogens (tertiary/aromatic N) is 3. The lowest BCUT2D eigenvalue weighted by Crippen LogP contribution is -2.41. The van der Waals surface area contributed by atoms with Gasteiger partial charge in [0.25, 0.3) is 0 Å². The van der Waals surface area contributed by atoms with E-state index in [-0.39, 0.29) is 12.6 Å². The summed E-state index contributed by atoms with van der Waals surface area (Å²) in [7, 11) is 0. The number of hydrogen-bond donors (Lipinski definition) is 3. The SMILES string of the molecule is C=C(NCc1ccccc1)C1CCCN1C(=C)CN(N)/N=C(\N)C(F)(F)F. The molecule has 0 radical (unpaired) electrons. The summed E-state index contributed by atoms with van der Waals surface area (Å²) < 4.78 is 37.3. The van der Waals surface area contributed by atoms with Crippen molar-refractivity contribution in [3.8, 4) is 0 Å². The Balaban J connectivity index is 1.92. The third-order valence-corrected chi connectivity index (χ3v) is 4.29. The number of rotatable bonds is 8. The number of likely N-dealkylation sites (tertiary alicyclic amines) is 1. The molecule has 1 fully saturated rings. The van der Waals surface area contributed by atoms with E-state index < -0.39 is 12.0 Å². The molecule has 1 aliphatic rings. The van der Waals surface area contributed by atoms with E-state index in [4.69, 9.17) is 11.6 Å². The molecule has 1 atom stereocenters. The molecule has 0 aliphatic carbocycles. The van der Waals surface area contributed by atoms with Gasteiger partial charge in [-0.25, -0.2) is 11.0 Å². The molecule has 0 saturated carbocycles. The molecule has 1 aromatic carbocycles. The first-order valence-electron chi connectivity index (χ1n) is 8.53. The van der Waals surface area contributed by atoms with Gasteiger partial charge < -0.3 is 16.0 Å². The zero-order valence-corrected chi connectivity index (χ0v) is 15.0. The molecule has 1 aliphatic heterocycles. The van der Waals surface area contributed by atoms with Crippen molar-refractivity contribution < 1.29 is 13.2 Å². The van der Waals surface area contributed by atoms with Gasteiger partial charge in [-0.05, 0) is 18.4 Å². The summed E-state index contributed by atoms with van der Waals surface area (Å²) in [5, 5.41) is 7.13. The second-order valence-electron chi connectivity index (χ2n) is 6.36. The van der Waals surface area contributed by atoms with Gasteiger partial charge in [-0.3, -0.25) is 0 Å². The molecule has 0 bridgehead atoms. The summed E-state index contributed by atoms with van der Waals surface area (Å²) in [5.41, 5.74) is 7.41. The van der Waals surface area contributed by atoms with Crippen LogP contribution in [0.3, 0.4) is 0 Å². The van der Waals surface area contributed by atoms with Crippen molar-refractivity contribution in [2.75, 3.05) is 13.1 Å². The predicted octanol–water partition coefficient (Wildman–Crippen LogP) is 2.28. The monoisotopic (exact) mass is 382 g/mol. The van der Waals surface area contributed by atoms with Crippen LogP contribution in [0.5, 0.6) is 0 Å². The Labute approximate surface area is 157 Å². The van der Waals surface area contributed by atoms with Crippen molar-refractivity contribution >= 4 is 5.84 Å². The van der Waals surface area contributed by atoms with Crippen LogP contribution in [0, 0.1) is 0 Å². The molecular weight excluding hydrogens is 357 g/mol. The van der Waals surface area contributed by atoms with E-state index >= 15 is 0 Å². The molecule has 6 nitrogen and oxygen atoms in total. The summed E-state index contributed by atoms with van der Waals surface area (Å²) >= 11 is 0. The molecule has 0 aromatic heterocycles. The van der Waals surface area contributed by atoms with E-state index in [0.717, 1.165) is 30.6 Å². The Hall–Kier alpha value is -2.68. The minimum atomic E-state index is -4.72. The molecule has 1 heterocycles. The molecule has 148 valence electrons. The zero-order valence-electron chi connectivity index (χ0n) is 15.0. The number of benzene rings is 1. The van der Waals surface area contributed by atoms with E-state index in [0.29, 0.717) is 17.4 Å². The van der Waals surface area contributed by atoms with Gasteiger partial charge in [-0.1, -0.05) is 43.5 Å². The molecule has 1 unspecified atom stereocenters. The van der Waals surface area contributed by atoms with E-state index in [1.54, 1.807) is 0 Å². The third kappa shape index (κ3) is 5.92. The number of nitrogens with one attached hydrogen (secondary N) is 1. The molecular formula is C18H25F3N6. The number of hydrazine groups is 1. The predicted molar refractivity (Wildman–Crippen MR) is 99.9 cm³/mol. The normalized spacial score (nSPS) is 17.7. The minimum Gasteiger partial charge on any atom is -0.383 e. The molecule has 1 saturated heterocycles. The maximum Gasteiger partial charge on any atom is 0.450 e. The van der Waals surface area contributed by atoms with E-state index in [9.17, 15) is 13.2 Å². The van der Waals surface area contributed by atoms with Gasteiger partial charge in [0.1, 0.15) is 0 Å². The third-order valence-electron chi connectivity index (χ3n) is 4.29. The fraction of sp³-hybridized carbons (Fsp3) is 0.389. The van der Waals surface area contributed by atoms with Crippen LogP contribution in [0.25, 0.3) is 0 Å². The largest absolute Gasteiger partial charge is 0.450 e. The van der Waals surface area contributed by atoms with Crippen LogP contribution in [-0.4, -0.2) is 41.2 Å². The molecule has 27 heavy (non-hydrogen) atoms. The number of hydrogen-bond acceptors (Lipinski definition) is 5. The fourth-order valence-electron chi connectivity index (χ4n) is 2.95. The Bertz CT molecular complexity index is 686. The highest BCUT2D eigenvalue weighted by Crippen LogP contribution is 2.26. The number of alkyl halides is 3. The summed E-state index contributed by atoms with van der Waals surface area (Å²) in [5.74, 6) is 4.04. The van der Waals surface area contributed by atoms with E-state index in [1.165, 1.54) is 0 Å². The summed E-state index contributed by atoms with van der Waals surface area (Å²) in [4.78, 5) is 1.99. The van der Waals surface area contributed by atoms with E-state index in [2.05, 4.69) is 23.6 Å². The average molecular weight is 382 g/mol. The van der Waals surface area contributed by atoms with Gasteiger partial charge in [0.2, 0.25) is 5.84 Å². The molecule has 0 spiro atoms. The van der Waals surface area contributed by atoms with Gasteiger partial charge in [-0.15, -0.1) is 5.10 Å². The van der Waals surface area contributed by atoms with Crippen molar-refractivity contribution in [1.82, 2.24) is 15.3 Å². The number of hydrazone groups is 1. The number of halogens is 3. The van der Waals surface area contributed by atoms with Crippen LogP contribution in [0.2, 0.25) is 0 Å². The maximum absolute atomic E-state index is 12.4. The summed E-state index contributed by atoms with van der Waals surface area (Å²) in [6.07, 6.45) is -2.92. The zero-order chi connectivity index (χ0) is 20.0. The standard InChI is InChI=1S/C18H25F3N6/c1-13(12-27(23)25-17(22)18(19,20)21)26-10-6-9-16(26)14(2)24-11-15-7-4-3-5-8-15/h3-5,7-8,16,24H,1-2,6,9-12,23H2,(H2,22,25). The Morgan fingerprint density at radius 2 is 1.96 bits per heavy atom. The highest BCUT2D eigenvalue weighted by molar-refractivity contribution is 5.85. The van der Waals surface area contributed by atoms with Gasteiger partial charge >= 0.3 is 6.18 Å². The number of amidine groups is 1. The average Bonchev–Trinajstić information content (AvgIpc) is 3.09. The second-order valence-corrected chi connectivity index (χ2v) is 6.36. The smallest absolute Gasteiger partial charge is 0.383 e. The number of nitrogens with two attached hydrogens (primary N) is 2. The first-order valence-corrected chi connectivity index (χ1v) is 8.53. The van der Waals surface area contributed by atoms with Crippen LogP contribution in [0.4, 0.5) is 13.2 Å². The quantitative estimate of drug-likeness (QED) is 0.278. The first kappa shape index (κ1) is 20.6. The van der Waals surface area contributed by atoms with Crippen LogP contribution < -0.4 is 16.9 Å². The first-order chi connectivity index (χ1) is 12.7. The Kier molecular flexibility index (Phi) is 6.73. The van der Waals surface area contributed by atoms with Crippen LogP contribution in [-0.2, 0) is 6.54 Å². The van der Waals surface area contributed by atoms with Crippen molar-refractivity contribution in [1.29, 1.82) is 0 Å². The minimum absolute atomic E-state index is 0.00134. The van der Waals surface area contributed by atoms with E-state index in [1.807, 2.05) is 35.2 Å². The van der Waals surface area contributed by atoms with Crippen LogP contribution in [0.1, 0.15) is 18.4 Å². The van der Waals surface area contributed by atoms with Crippen LogP contribution in [0.15, 0.2) is 60.0 Å². The van der Waals surface area contributed by atoms with Gasteiger partial charge in [0.05, 0.1) is 12.6 Å². The maximum atomic E-state index is 12.4. The molecule has 9 heteroatoms. The lowest BCUT2D eigenvalue weighted by Gasteiger charge is -2.31. The van der Waals surface area contributed by atoms with Crippen LogP contribution >= 0.6 is 0 Å². The topological polar surface area (TPSA) is 82.9 Å². The van der Waals surface area contributed by atoms with Crippen molar-refractivity contribution in [3.05, 3.63) is 60.4 Å². The van der Waals surface area contributed by atoms with Gasteiger partial charge in [0, 0.05) is 24.5 Å². The lowest BCUT2D eigenvalue weighted by molar-refractivity contribution is -0.0613. The fourth-order valence-corrected chi connectivity index (χ4v) is 2.95. The summed E-state index contributed by atoms with van der Waals surface area (Å²) in [6, 6.07) is 9.91. The molecule has 2 rings (SSSR count). The lowest BCUT2D eigenvalue weighted by atomic mass is 10.1.